The number of rotatable bonds is 7. The van der Waals surface area contributed by atoms with E-state index < -0.39 is 23.3 Å². The number of halogens is 1. The fourth-order valence-electron chi connectivity index (χ4n) is 3.34. The van der Waals surface area contributed by atoms with E-state index in [2.05, 4.69) is 0 Å². The van der Waals surface area contributed by atoms with Crippen molar-refractivity contribution in [1.29, 1.82) is 0 Å². The van der Waals surface area contributed by atoms with Crippen molar-refractivity contribution in [3.05, 3.63) is 62.7 Å². The molecule has 1 fully saturated rings. The monoisotopic (exact) mass is 432 g/mol. The summed E-state index contributed by atoms with van der Waals surface area (Å²) in [6.45, 7) is 0.992. The second kappa shape index (κ2) is 9.58. The van der Waals surface area contributed by atoms with Crippen LogP contribution in [-0.2, 0) is 4.74 Å². The van der Waals surface area contributed by atoms with Gasteiger partial charge in [-0.15, -0.1) is 0 Å². The highest BCUT2D eigenvalue weighted by atomic mass is 35.5. The number of esters is 1. The van der Waals surface area contributed by atoms with Gasteiger partial charge < -0.3 is 14.4 Å². The van der Waals surface area contributed by atoms with Gasteiger partial charge in [0.05, 0.1) is 28.3 Å². The fourth-order valence-corrected chi connectivity index (χ4v) is 3.60. The largest absolute Gasteiger partial charge is 0.495 e. The molecule has 30 heavy (non-hydrogen) atoms. The first-order valence-corrected chi connectivity index (χ1v) is 9.85. The molecule has 0 N–H and O–H groups in total. The van der Waals surface area contributed by atoms with Gasteiger partial charge in [0.25, 0.3) is 5.69 Å². The van der Waals surface area contributed by atoms with E-state index in [4.69, 9.17) is 21.1 Å². The molecule has 0 bridgehead atoms. The Hall–Kier alpha value is -3.13. The number of nitro groups is 1. The third-order valence-corrected chi connectivity index (χ3v) is 5.21. The van der Waals surface area contributed by atoms with E-state index in [0.717, 1.165) is 32.4 Å². The standard InChI is InChI=1S/C21H21ClN2O6/c1-29-20-8-5-14(11-17(20)22)19(25)13-30-21(26)16-12-15(24(27)28)6-7-18(16)23-9-3-2-4-10-23/h5-8,11-12H,2-4,9-10,13H2,1H3. The summed E-state index contributed by atoms with van der Waals surface area (Å²) in [6, 6.07) is 8.63. The Morgan fingerprint density at radius 2 is 1.87 bits per heavy atom. The van der Waals surface area contributed by atoms with Gasteiger partial charge in [-0.3, -0.25) is 14.9 Å². The first kappa shape index (κ1) is 21.6. The molecule has 158 valence electrons. The van der Waals surface area contributed by atoms with Crippen molar-refractivity contribution in [1.82, 2.24) is 0 Å². The van der Waals surface area contributed by atoms with E-state index in [1.807, 2.05) is 4.90 Å². The number of Topliss-reactive ketones (excluding diaryl/α,β-unsaturated/α-hetero) is 1. The number of non-ortho nitro benzene ring substituents is 1. The van der Waals surface area contributed by atoms with Crippen molar-refractivity contribution < 1.29 is 24.0 Å². The molecule has 0 saturated carbocycles. The predicted molar refractivity (Wildman–Crippen MR) is 112 cm³/mol. The molecule has 3 rings (SSSR count). The molecule has 2 aromatic carbocycles. The van der Waals surface area contributed by atoms with E-state index in [9.17, 15) is 19.7 Å². The van der Waals surface area contributed by atoms with Crippen LogP contribution in [0.25, 0.3) is 0 Å². The van der Waals surface area contributed by atoms with E-state index >= 15 is 0 Å². The number of anilines is 1. The van der Waals surface area contributed by atoms with Gasteiger partial charge in [-0.05, 0) is 43.5 Å². The second-order valence-corrected chi connectivity index (χ2v) is 7.26. The minimum absolute atomic E-state index is 0.0756. The van der Waals surface area contributed by atoms with E-state index in [-0.39, 0.29) is 21.8 Å². The predicted octanol–water partition coefficient (Wildman–Crippen LogP) is 4.29. The second-order valence-electron chi connectivity index (χ2n) is 6.85. The van der Waals surface area contributed by atoms with Crippen molar-refractivity contribution in [3.8, 4) is 5.75 Å². The molecule has 1 heterocycles. The Balaban J connectivity index is 1.78. The number of hydrogen-bond donors (Lipinski definition) is 0. The maximum Gasteiger partial charge on any atom is 0.340 e. The first-order valence-electron chi connectivity index (χ1n) is 9.48. The average Bonchev–Trinajstić information content (AvgIpc) is 2.77. The summed E-state index contributed by atoms with van der Waals surface area (Å²) in [5.41, 5.74) is 0.705. The smallest absolute Gasteiger partial charge is 0.340 e. The number of piperidine rings is 1. The average molecular weight is 433 g/mol. The number of nitrogens with zero attached hydrogens (tertiary/aromatic N) is 2. The molecule has 0 atom stereocenters. The van der Waals surface area contributed by atoms with Crippen LogP contribution in [0.5, 0.6) is 5.75 Å². The van der Waals surface area contributed by atoms with E-state index in [0.29, 0.717) is 11.4 Å². The lowest BCUT2D eigenvalue weighted by atomic mass is 10.1. The lowest BCUT2D eigenvalue weighted by Crippen LogP contribution is -2.31. The van der Waals surface area contributed by atoms with Gasteiger partial charge in [-0.25, -0.2) is 4.79 Å². The molecule has 9 heteroatoms. The summed E-state index contributed by atoms with van der Waals surface area (Å²) in [5, 5.41) is 11.4. The highest BCUT2D eigenvalue weighted by Crippen LogP contribution is 2.29. The number of benzene rings is 2. The molecule has 2 aromatic rings. The van der Waals surface area contributed by atoms with Crippen LogP contribution in [-0.4, -0.2) is 43.5 Å². The normalized spacial score (nSPS) is 13.6. The van der Waals surface area contributed by atoms with Gasteiger partial charge in [-0.2, -0.15) is 0 Å². The number of carbonyl (C=O) groups is 2. The van der Waals surface area contributed by atoms with Gasteiger partial charge in [0.2, 0.25) is 0 Å². The van der Waals surface area contributed by atoms with Crippen LogP contribution in [0.4, 0.5) is 11.4 Å². The Morgan fingerprint density at radius 3 is 2.50 bits per heavy atom. The summed E-state index contributed by atoms with van der Waals surface area (Å²) in [6.07, 6.45) is 3.05. The zero-order chi connectivity index (χ0) is 21.7. The first-order chi connectivity index (χ1) is 14.4. The van der Waals surface area contributed by atoms with Crippen LogP contribution in [0.2, 0.25) is 5.02 Å². The molecule has 1 aliphatic heterocycles. The van der Waals surface area contributed by atoms with Crippen LogP contribution in [0.3, 0.4) is 0 Å². The van der Waals surface area contributed by atoms with Crippen LogP contribution in [0.15, 0.2) is 36.4 Å². The third-order valence-electron chi connectivity index (χ3n) is 4.92. The molecule has 0 aromatic heterocycles. The van der Waals surface area contributed by atoms with E-state index in [1.165, 1.54) is 31.4 Å². The van der Waals surface area contributed by atoms with E-state index in [1.54, 1.807) is 12.1 Å². The highest BCUT2D eigenvalue weighted by Gasteiger charge is 2.23. The third kappa shape index (κ3) is 4.88. The maximum atomic E-state index is 12.7. The lowest BCUT2D eigenvalue weighted by molar-refractivity contribution is -0.384. The van der Waals surface area contributed by atoms with Crippen LogP contribution in [0, 0.1) is 10.1 Å². The van der Waals surface area contributed by atoms with Crippen LogP contribution < -0.4 is 9.64 Å². The number of ketones is 1. The Bertz CT molecular complexity index is 972. The van der Waals surface area contributed by atoms with Gasteiger partial charge >= 0.3 is 5.97 Å². The van der Waals surface area contributed by atoms with Gasteiger partial charge in [0, 0.05) is 30.8 Å². The highest BCUT2D eigenvalue weighted by molar-refractivity contribution is 6.32. The minimum Gasteiger partial charge on any atom is -0.495 e. The van der Waals surface area contributed by atoms with Crippen molar-refractivity contribution in [2.45, 2.75) is 19.3 Å². The number of ether oxygens (including phenoxy) is 2. The fraction of sp³-hybridized carbons (Fsp3) is 0.333. The number of hydrogen-bond acceptors (Lipinski definition) is 7. The molecular formula is C21H21ClN2O6. The zero-order valence-electron chi connectivity index (χ0n) is 16.4. The van der Waals surface area contributed by atoms with Gasteiger partial charge in [0.1, 0.15) is 5.75 Å². The summed E-state index contributed by atoms with van der Waals surface area (Å²) in [7, 11) is 1.46. The van der Waals surface area contributed by atoms with Crippen molar-refractivity contribution in [3.63, 3.8) is 0 Å². The Labute approximate surface area is 178 Å². The molecular weight excluding hydrogens is 412 g/mol. The topological polar surface area (TPSA) is 99.0 Å². The molecule has 1 saturated heterocycles. The summed E-state index contributed by atoms with van der Waals surface area (Å²) >= 11 is 6.03. The van der Waals surface area contributed by atoms with Crippen LogP contribution in [0.1, 0.15) is 40.0 Å². The quantitative estimate of drug-likeness (QED) is 0.278. The zero-order valence-corrected chi connectivity index (χ0v) is 17.2. The van der Waals surface area contributed by atoms with Gasteiger partial charge in [-0.1, -0.05) is 11.6 Å². The summed E-state index contributed by atoms with van der Waals surface area (Å²) in [4.78, 5) is 37.7. The SMILES string of the molecule is COc1ccc(C(=O)COC(=O)c2cc([N+](=O)[O-])ccc2N2CCCCC2)cc1Cl. The van der Waals surface area contributed by atoms with Gasteiger partial charge in [0.15, 0.2) is 12.4 Å². The molecule has 0 unspecified atom stereocenters. The molecule has 0 aliphatic carbocycles. The molecule has 0 spiro atoms. The number of carbonyl (C=O) groups excluding carboxylic acids is 2. The minimum atomic E-state index is -0.785. The number of nitro benzene ring substituents is 1. The van der Waals surface area contributed by atoms with Crippen molar-refractivity contribution in [2.75, 3.05) is 31.7 Å². The Kier molecular flexibility index (Phi) is 6.89. The van der Waals surface area contributed by atoms with Crippen LogP contribution >= 0.6 is 11.6 Å². The molecule has 1 aliphatic rings. The molecule has 0 radical (unpaired) electrons. The van der Waals surface area contributed by atoms with Crippen molar-refractivity contribution >= 4 is 34.7 Å². The molecule has 8 nitrogen and oxygen atoms in total. The number of methoxy groups -OCH3 is 1. The lowest BCUT2D eigenvalue weighted by Gasteiger charge is -2.30. The summed E-state index contributed by atoms with van der Waals surface area (Å²) < 4.78 is 10.2. The summed E-state index contributed by atoms with van der Waals surface area (Å²) in [5.74, 6) is -0.807. The Morgan fingerprint density at radius 1 is 1.13 bits per heavy atom. The maximum absolute atomic E-state index is 12.7. The molecule has 0 amide bonds. The van der Waals surface area contributed by atoms with Crippen molar-refractivity contribution in [2.24, 2.45) is 0 Å².